The minimum Gasteiger partial charge on any atom is -0.479 e. The number of carboxylic acids is 1. The van der Waals surface area contributed by atoms with Crippen molar-refractivity contribution < 1.29 is 29.0 Å². The number of aryl methyl sites for hydroxylation is 1. The van der Waals surface area contributed by atoms with Gasteiger partial charge in [0.2, 0.25) is 11.8 Å². The van der Waals surface area contributed by atoms with E-state index in [1.165, 1.54) is 4.90 Å². The number of carbonyl (C=O) groups excluding carboxylic acids is 3. The number of amides is 3. The van der Waals surface area contributed by atoms with E-state index in [-0.39, 0.29) is 18.9 Å². The van der Waals surface area contributed by atoms with Crippen LogP contribution in [0.4, 0.5) is 4.79 Å². The van der Waals surface area contributed by atoms with Crippen LogP contribution in [0.2, 0.25) is 0 Å². The number of carboxylic acid groups (broad SMARTS) is 1. The van der Waals surface area contributed by atoms with Crippen LogP contribution >= 0.6 is 0 Å². The predicted molar refractivity (Wildman–Crippen MR) is 153 cm³/mol. The molecule has 1 aromatic carbocycles. The number of fused-ring (bicyclic) bond motifs is 3. The Bertz CT molecular complexity index is 1410. The Morgan fingerprint density at radius 1 is 1.14 bits per heavy atom. The molecule has 2 fully saturated rings. The second-order valence-electron chi connectivity index (χ2n) is 12.7. The van der Waals surface area contributed by atoms with E-state index in [2.05, 4.69) is 20.8 Å². The van der Waals surface area contributed by atoms with E-state index >= 15 is 0 Å². The molecule has 3 N–H and O–H groups in total. The van der Waals surface area contributed by atoms with E-state index in [4.69, 9.17) is 4.74 Å². The van der Waals surface area contributed by atoms with Gasteiger partial charge in [0.15, 0.2) is 0 Å². The SMILES string of the molecule is Cc1ccc2nn([C@H]3C[C@H]4C(=O)N[C@@]5(C(=O)O)C[C@H]5/C=C\CCCCC[C@H](NC(=O)OC(C)(C)C)C(=O)N4C3)nc2c1. The zero-order valence-corrected chi connectivity index (χ0v) is 24.6. The Morgan fingerprint density at radius 2 is 1.90 bits per heavy atom. The van der Waals surface area contributed by atoms with Crippen LogP contribution in [-0.4, -0.2) is 78.6 Å². The van der Waals surface area contributed by atoms with Crippen LogP contribution in [0.25, 0.3) is 11.0 Å². The lowest BCUT2D eigenvalue weighted by molar-refractivity contribution is -0.145. The molecule has 0 bridgehead atoms. The van der Waals surface area contributed by atoms with Gasteiger partial charge in [0.25, 0.3) is 0 Å². The van der Waals surface area contributed by atoms with E-state index in [9.17, 15) is 24.3 Å². The molecule has 1 aromatic heterocycles. The molecule has 226 valence electrons. The summed E-state index contributed by atoms with van der Waals surface area (Å²) in [6, 6.07) is 3.43. The fraction of sp³-hybridized carbons (Fsp3) is 0.600. The molecule has 0 spiro atoms. The summed E-state index contributed by atoms with van der Waals surface area (Å²) in [4.78, 5) is 55.9. The van der Waals surface area contributed by atoms with Gasteiger partial charge in [0.1, 0.15) is 34.3 Å². The number of nitrogens with one attached hydrogen (secondary N) is 2. The predicted octanol–water partition coefficient (Wildman–Crippen LogP) is 3.25. The van der Waals surface area contributed by atoms with E-state index in [0.29, 0.717) is 30.3 Å². The highest BCUT2D eigenvalue weighted by Gasteiger charge is 2.61. The molecule has 0 radical (unpaired) electrons. The number of alkyl carbamates (subject to hydrolysis) is 1. The third-order valence-corrected chi connectivity index (χ3v) is 8.21. The number of aliphatic carboxylic acids is 1. The van der Waals surface area contributed by atoms with Crippen molar-refractivity contribution in [2.45, 2.75) is 102 Å². The molecule has 2 aromatic rings. The largest absolute Gasteiger partial charge is 0.479 e. The van der Waals surface area contributed by atoms with Gasteiger partial charge in [-0.2, -0.15) is 15.0 Å². The molecule has 5 atom stereocenters. The Kier molecular flexibility index (Phi) is 8.00. The minimum absolute atomic E-state index is 0.132. The highest BCUT2D eigenvalue weighted by Crippen LogP contribution is 2.45. The van der Waals surface area contributed by atoms with Gasteiger partial charge in [-0.25, -0.2) is 9.59 Å². The number of hydrogen-bond donors (Lipinski definition) is 3. The van der Waals surface area contributed by atoms with Crippen molar-refractivity contribution in [1.29, 1.82) is 0 Å². The second-order valence-corrected chi connectivity index (χ2v) is 12.7. The topological polar surface area (TPSA) is 156 Å². The zero-order valence-electron chi connectivity index (χ0n) is 24.6. The first-order chi connectivity index (χ1) is 19.9. The summed E-state index contributed by atoms with van der Waals surface area (Å²) in [5.41, 5.74) is 0.287. The maximum atomic E-state index is 14.1. The molecule has 42 heavy (non-hydrogen) atoms. The molecule has 1 aliphatic carbocycles. The number of benzene rings is 1. The molecule has 12 heteroatoms. The summed E-state index contributed by atoms with van der Waals surface area (Å²) in [6.45, 7) is 7.33. The van der Waals surface area contributed by atoms with Gasteiger partial charge in [-0.05, 0) is 71.1 Å². The van der Waals surface area contributed by atoms with Crippen LogP contribution < -0.4 is 10.6 Å². The summed E-state index contributed by atoms with van der Waals surface area (Å²) in [5, 5.41) is 24.8. The third kappa shape index (κ3) is 6.27. The van der Waals surface area contributed by atoms with Crippen LogP contribution in [0.15, 0.2) is 30.4 Å². The van der Waals surface area contributed by atoms with E-state index < -0.39 is 53.1 Å². The first-order valence-electron chi connectivity index (χ1n) is 14.7. The summed E-state index contributed by atoms with van der Waals surface area (Å²) >= 11 is 0. The molecule has 2 aliphatic heterocycles. The Balaban J connectivity index is 1.46. The van der Waals surface area contributed by atoms with Crippen LogP contribution in [0.5, 0.6) is 0 Å². The maximum Gasteiger partial charge on any atom is 0.408 e. The molecule has 0 unspecified atom stereocenters. The quantitative estimate of drug-likeness (QED) is 0.467. The number of hydrogen-bond acceptors (Lipinski definition) is 7. The van der Waals surface area contributed by atoms with Crippen molar-refractivity contribution >= 4 is 34.9 Å². The standard InChI is InChI=1S/C30H40N6O6/c1-18-12-13-21-23(14-18)34-36(33-21)20-15-24-25(37)32-30(27(39)40)16-19(30)10-8-6-5-7-9-11-22(26(38)35(24)17-20)31-28(41)42-29(2,3)4/h8,10,12-14,19-20,22,24H,5-7,9,11,15-17H2,1-4H3,(H,31,41)(H,32,37)(H,39,40)/b10-8-/t19-,20+,22+,24+,30+/m1/s1. The van der Waals surface area contributed by atoms with Crippen LogP contribution in [-0.2, 0) is 19.1 Å². The second kappa shape index (κ2) is 11.4. The molecule has 3 heterocycles. The van der Waals surface area contributed by atoms with E-state index in [0.717, 1.165) is 24.8 Å². The van der Waals surface area contributed by atoms with Crippen LogP contribution in [0.3, 0.4) is 0 Å². The molecule has 1 saturated carbocycles. The lowest BCUT2D eigenvalue weighted by Crippen LogP contribution is -2.56. The van der Waals surface area contributed by atoms with Gasteiger partial charge in [-0.15, -0.1) is 0 Å². The average molecular weight is 581 g/mol. The Morgan fingerprint density at radius 3 is 2.64 bits per heavy atom. The average Bonchev–Trinajstić information content (AvgIpc) is 3.22. The van der Waals surface area contributed by atoms with Crippen molar-refractivity contribution in [3.05, 3.63) is 35.9 Å². The number of aromatic nitrogens is 3. The number of allylic oxidation sites excluding steroid dienone is 1. The van der Waals surface area contributed by atoms with Gasteiger partial charge >= 0.3 is 12.1 Å². The van der Waals surface area contributed by atoms with Gasteiger partial charge in [-0.3, -0.25) is 9.59 Å². The number of carbonyl (C=O) groups is 4. The molecule has 12 nitrogen and oxygen atoms in total. The maximum absolute atomic E-state index is 14.1. The van der Waals surface area contributed by atoms with E-state index in [1.807, 2.05) is 37.3 Å². The van der Waals surface area contributed by atoms with Crippen LogP contribution in [0.1, 0.15) is 77.3 Å². The summed E-state index contributed by atoms with van der Waals surface area (Å²) in [7, 11) is 0. The fourth-order valence-corrected chi connectivity index (χ4v) is 5.90. The molecule has 3 aliphatic rings. The molecule has 1 saturated heterocycles. The fourth-order valence-electron chi connectivity index (χ4n) is 5.90. The van der Waals surface area contributed by atoms with E-state index in [1.54, 1.807) is 25.6 Å². The molecular weight excluding hydrogens is 540 g/mol. The van der Waals surface area contributed by atoms with Gasteiger partial charge in [-0.1, -0.05) is 31.1 Å². The smallest absolute Gasteiger partial charge is 0.408 e. The first-order valence-corrected chi connectivity index (χ1v) is 14.7. The minimum atomic E-state index is -1.40. The molecule has 5 rings (SSSR count). The van der Waals surface area contributed by atoms with Crippen molar-refractivity contribution in [2.75, 3.05) is 6.54 Å². The van der Waals surface area contributed by atoms with Crippen molar-refractivity contribution in [3.8, 4) is 0 Å². The van der Waals surface area contributed by atoms with Crippen molar-refractivity contribution in [1.82, 2.24) is 30.5 Å². The normalized spacial score (nSPS) is 29.5. The van der Waals surface area contributed by atoms with Crippen molar-refractivity contribution in [3.63, 3.8) is 0 Å². The monoisotopic (exact) mass is 580 g/mol. The van der Waals surface area contributed by atoms with Crippen LogP contribution in [0, 0.1) is 12.8 Å². The van der Waals surface area contributed by atoms with Gasteiger partial charge in [0.05, 0.1) is 6.04 Å². The highest BCUT2D eigenvalue weighted by atomic mass is 16.6. The first kappa shape index (κ1) is 29.5. The highest BCUT2D eigenvalue weighted by molar-refractivity contribution is 5.96. The van der Waals surface area contributed by atoms with Gasteiger partial charge in [0, 0.05) is 18.9 Å². The number of ether oxygens (including phenoxy) is 1. The number of nitrogens with zero attached hydrogens (tertiary/aromatic N) is 4. The van der Waals surface area contributed by atoms with Crippen molar-refractivity contribution in [2.24, 2.45) is 5.92 Å². The summed E-state index contributed by atoms with van der Waals surface area (Å²) in [5.74, 6) is -2.36. The summed E-state index contributed by atoms with van der Waals surface area (Å²) in [6.07, 6.45) is 7.14. The molecular formula is C30H40N6O6. The number of rotatable bonds is 3. The third-order valence-electron chi connectivity index (χ3n) is 8.21. The molecule has 3 amide bonds. The van der Waals surface area contributed by atoms with Gasteiger partial charge < -0.3 is 25.4 Å². The lowest BCUT2D eigenvalue weighted by Gasteiger charge is -2.30. The zero-order chi connectivity index (χ0) is 30.2. The lowest BCUT2D eigenvalue weighted by atomic mass is 10.0. The summed E-state index contributed by atoms with van der Waals surface area (Å²) < 4.78 is 5.44. The Labute approximate surface area is 244 Å². The Hall–Kier alpha value is -3.96.